The lowest BCUT2D eigenvalue weighted by atomic mass is 9.97. The van der Waals surface area contributed by atoms with Crippen LogP contribution in [0.25, 0.3) is 10.8 Å². The fraction of sp³-hybridized carbons (Fsp3) is 0.292. The van der Waals surface area contributed by atoms with Crippen molar-refractivity contribution in [1.29, 1.82) is 0 Å². The molecule has 1 unspecified atom stereocenters. The van der Waals surface area contributed by atoms with Gasteiger partial charge in [-0.05, 0) is 40.6 Å². The van der Waals surface area contributed by atoms with E-state index in [0.717, 1.165) is 13.1 Å². The number of nitrogens with zero attached hydrogens (tertiary/aromatic N) is 1. The second-order valence-electron chi connectivity index (χ2n) is 7.28. The molecule has 1 atom stereocenters. The largest absolute Gasteiger partial charge is 0.484 e. The van der Waals surface area contributed by atoms with Gasteiger partial charge in [0.05, 0.1) is 19.3 Å². The molecule has 1 aliphatic rings. The van der Waals surface area contributed by atoms with Gasteiger partial charge in [0.15, 0.2) is 6.61 Å². The Balaban J connectivity index is 1.46. The molecule has 5 nitrogen and oxygen atoms in total. The SMILES string of the molecule is O=C(COc1ccc(Cl)cc1)NCC(c1cccc2ccccc12)N1CCOCC1. The minimum absolute atomic E-state index is 0.0347. The van der Waals surface area contributed by atoms with Gasteiger partial charge < -0.3 is 14.8 Å². The predicted molar refractivity (Wildman–Crippen MR) is 119 cm³/mol. The highest BCUT2D eigenvalue weighted by atomic mass is 35.5. The number of hydrogen-bond acceptors (Lipinski definition) is 4. The molecule has 0 saturated carbocycles. The number of carbonyl (C=O) groups is 1. The molecule has 0 aliphatic carbocycles. The van der Waals surface area contributed by atoms with Crippen LogP contribution in [0, 0.1) is 0 Å². The van der Waals surface area contributed by atoms with E-state index in [1.54, 1.807) is 24.3 Å². The van der Waals surface area contributed by atoms with Gasteiger partial charge in [0.2, 0.25) is 0 Å². The van der Waals surface area contributed by atoms with E-state index in [4.69, 9.17) is 21.1 Å². The Morgan fingerprint density at radius 3 is 2.57 bits per heavy atom. The monoisotopic (exact) mass is 424 g/mol. The summed E-state index contributed by atoms with van der Waals surface area (Å²) >= 11 is 5.88. The maximum atomic E-state index is 12.5. The van der Waals surface area contributed by atoms with Gasteiger partial charge in [0, 0.05) is 24.7 Å². The van der Waals surface area contributed by atoms with Crippen molar-refractivity contribution in [3.63, 3.8) is 0 Å². The number of hydrogen-bond donors (Lipinski definition) is 1. The summed E-state index contributed by atoms with van der Waals surface area (Å²) in [5.74, 6) is 0.469. The average molecular weight is 425 g/mol. The molecule has 3 aromatic rings. The Labute approximate surface area is 181 Å². The Kier molecular flexibility index (Phi) is 6.84. The Morgan fingerprint density at radius 2 is 1.77 bits per heavy atom. The second-order valence-corrected chi connectivity index (χ2v) is 7.72. The predicted octanol–water partition coefficient (Wildman–Crippen LogP) is 4.06. The molecule has 3 aromatic carbocycles. The van der Waals surface area contributed by atoms with Crippen LogP contribution in [-0.4, -0.2) is 50.3 Å². The van der Waals surface area contributed by atoms with Crippen molar-refractivity contribution >= 4 is 28.3 Å². The number of rotatable bonds is 7. The van der Waals surface area contributed by atoms with E-state index in [-0.39, 0.29) is 18.6 Å². The van der Waals surface area contributed by atoms with E-state index in [1.807, 2.05) is 6.07 Å². The van der Waals surface area contributed by atoms with E-state index in [0.29, 0.717) is 30.5 Å². The van der Waals surface area contributed by atoms with Crippen molar-refractivity contribution in [2.24, 2.45) is 0 Å². The topological polar surface area (TPSA) is 50.8 Å². The number of halogens is 1. The minimum Gasteiger partial charge on any atom is -0.484 e. The highest BCUT2D eigenvalue weighted by Crippen LogP contribution is 2.28. The van der Waals surface area contributed by atoms with E-state index in [1.165, 1.54) is 16.3 Å². The fourth-order valence-electron chi connectivity index (χ4n) is 3.81. The third kappa shape index (κ3) is 5.11. The molecule has 0 radical (unpaired) electrons. The summed E-state index contributed by atoms with van der Waals surface area (Å²) in [5.41, 5.74) is 1.22. The molecule has 156 valence electrons. The summed E-state index contributed by atoms with van der Waals surface area (Å²) in [5, 5.41) is 6.10. The number of benzene rings is 3. The van der Waals surface area contributed by atoms with Crippen LogP contribution in [0.2, 0.25) is 5.02 Å². The van der Waals surface area contributed by atoms with Gasteiger partial charge in [-0.3, -0.25) is 9.69 Å². The summed E-state index contributed by atoms with van der Waals surface area (Å²) in [6, 6.07) is 21.8. The van der Waals surface area contributed by atoms with Gasteiger partial charge in [-0.2, -0.15) is 0 Å². The van der Waals surface area contributed by atoms with Crippen LogP contribution in [0.3, 0.4) is 0 Å². The van der Waals surface area contributed by atoms with Crippen LogP contribution in [0.1, 0.15) is 11.6 Å². The molecule has 0 aromatic heterocycles. The second kappa shape index (κ2) is 9.94. The third-order valence-electron chi connectivity index (χ3n) is 5.34. The highest BCUT2D eigenvalue weighted by molar-refractivity contribution is 6.30. The molecular weight excluding hydrogens is 400 g/mol. The van der Waals surface area contributed by atoms with Crippen LogP contribution in [0.15, 0.2) is 66.7 Å². The maximum Gasteiger partial charge on any atom is 0.258 e. The first-order valence-electron chi connectivity index (χ1n) is 10.2. The van der Waals surface area contributed by atoms with E-state index in [2.05, 4.69) is 46.6 Å². The number of ether oxygens (including phenoxy) is 2. The molecule has 0 bridgehead atoms. The van der Waals surface area contributed by atoms with E-state index in [9.17, 15) is 4.79 Å². The Bertz CT molecular complexity index is 982. The van der Waals surface area contributed by atoms with Gasteiger partial charge >= 0.3 is 0 Å². The van der Waals surface area contributed by atoms with E-state index >= 15 is 0 Å². The minimum atomic E-state index is -0.150. The first kappa shape index (κ1) is 20.7. The number of carbonyl (C=O) groups excluding carboxylic acids is 1. The molecule has 6 heteroatoms. The fourth-order valence-corrected chi connectivity index (χ4v) is 3.93. The highest BCUT2D eigenvalue weighted by Gasteiger charge is 2.24. The molecule has 1 amide bonds. The van der Waals surface area contributed by atoms with Gasteiger partial charge in [-0.25, -0.2) is 0 Å². The first-order valence-corrected chi connectivity index (χ1v) is 10.5. The van der Waals surface area contributed by atoms with E-state index < -0.39 is 0 Å². The standard InChI is InChI=1S/C24H25ClN2O3/c25-19-8-10-20(11-9-19)30-17-24(28)26-16-23(27-12-14-29-15-13-27)22-7-3-5-18-4-1-2-6-21(18)22/h1-11,23H,12-17H2,(H,26,28). The quantitative estimate of drug-likeness (QED) is 0.621. The summed E-state index contributed by atoms with van der Waals surface area (Å²) < 4.78 is 11.1. The Morgan fingerprint density at radius 1 is 1.03 bits per heavy atom. The van der Waals surface area contributed by atoms with Gasteiger partial charge in [-0.1, -0.05) is 54.1 Å². The van der Waals surface area contributed by atoms with Crippen LogP contribution >= 0.6 is 11.6 Å². The van der Waals surface area contributed by atoms with Crippen LogP contribution in [-0.2, 0) is 9.53 Å². The molecule has 1 N–H and O–H groups in total. The summed E-state index contributed by atoms with van der Waals surface area (Å²) in [6.07, 6.45) is 0. The third-order valence-corrected chi connectivity index (χ3v) is 5.60. The normalized spacial score (nSPS) is 15.6. The smallest absolute Gasteiger partial charge is 0.258 e. The summed E-state index contributed by atoms with van der Waals surface area (Å²) in [6.45, 7) is 3.56. The van der Waals surface area contributed by atoms with Crippen LogP contribution in [0.4, 0.5) is 0 Å². The van der Waals surface area contributed by atoms with Gasteiger partial charge in [0.25, 0.3) is 5.91 Å². The summed E-state index contributed by atoms with van der Waals surface area (Å²) in [7, 11) is 0. The molecule has 1 saturated heterocycles. The zero-order valence-electron chi connectivity index (χ0n) is 16.7. The van der Waals surface area contributed by atoms with Crippen molar-refractivity contribution in [3.8, 4) is 5.75 Å². The van der Waals surface area contributed by atoms with Crippen molar-refractivity contribution < 1.29 is 14.3 Å². The van der Waals surface area contributed by atoms with Crippen molar-refractivity contribution in [3.05, 3.63) is 77.3 Å². The lowest BCUT2D eigenvalue weighted by Crippen LogP contribution is -2.44. The number of amides is 1. The van der Waals surface area contributed by atoms with Crippen molar-refractivity contribution in [2.45, 2.75) is 6.04 Å². The lowest BCUT2D eigenvalue weighted by molar-refractivity contribution is -0.123. The molecule has 1 heterocycles. The summed E-state index contributed by atoms with van der Waals surface area (Å²) in [4.78, 5) is 14.8. The average Bonchev–Trinajstić information content (AvgIpc) is 2.79. The Hall–Kier alpha value is -2.60. The maximum absolute atomic E-state index is 12.5. The number of morpholine rings is 1. The van der Waals surface area contributed by atoms with Crippen molar-refractivity contribution in [2.75, 3.05) is 39.5 Å². The zero-order chi connectivity index (χ0) is 20.8. The first-order chi connectivity index (χ1) is 14.7. The van der Waals surface area contributed by atoms with Gasteiger partial charge in [-0.15, -0.1) is 0 Å². The molecule has 1 fully saturated rings. The molecule has 0 spiro atoms. The number of nitrogens with one attached hydrogen (secondary N) is 1. The van der Waals surface area contributed by atoms with Gasteiger partial charge in [0.1, 0.15) is 5.75 Å². The molecule has 1 aliphatic heterocycles. The van der Waals surface area contributed by atoms with Crippen LogP contribution < -0.4 is 10.1 Å². The lowest BCUT2D eigenvalue weighted by Gasteiger charge is -2.35. The molecule has 4 rings (SSSR count). The molecule has 30 heavy (non-hydrogen) atoms. The van der Waals surface area contributed by atoms with Crippen LogP contribution in [0.5, 0.6) is 5.75 Å². The van der Waals surface area contributed by atoms with Crippen molar-refractivity contribution in [1.82, 2.24) is 10.2 Å². The zero-order valence-corrected chi connectivity index (χ0v) is 17.5. The molecular formula is C24H25ClN2O3. The number of fused-ring (bicyclic) bond motifs is 1.